The first-order valence-electron chi connectivity index (χ1n) is 6.95. The number of rotatable bonds is 7. The van der Waals surface area contributed by atoms with Gasteiger partial charge in [0.1, 0.15) is 0 Å². The molecule has 0 amide bonds. The molecule has 0 aliphatic carbocycles. The number of aliphatic carboxylic acids is 1. The molecule has 10 heteroatoms. The average molecular weight is 370 g/mol. The molecule has 0 atom stereocenters. The molecule has 1 N–H and O–H groups in total. The topological polar surface area (TPSA) is 105 Å². The van der Waals surface area contributed by atoms with Crippen molar-refractivity contribution >= 4 is 33.4 Å². The van der Waals surface area contributed by atoms with Crippen LogP contribution >= 0.6 is 11.8 Å². The standard InChI is InChI=1S/C14H18N4O4S2/c1-10-4-6-11(7-5-10)18(24(3,21)22)8-12-15-16-14(17(12)2)23-9-13(19)20/h4-7H,8-9H2,1-3H3,(H,19,20). The zero-order valence-electron chi connectivity index (χ0n) is 13.5. The van der Waals surface area contributed by atoms with E-state index >= 15 is 0 Å². The molecular formula is C14H18N4O4S2. The SMILES string of the molecule is Cc1ccc(N(Cc2nnc(SCC(=O)O)n2C)S(C)(=O)=O)cc1. The van der Waals surface area contributed by atoms with Gasteiger partial charge in [0.15, 0.2) is 11.0 Å². The lowest BCUT2D eigenvalue weighted by atomic mass is 10.2. The van der Waals surface area contributed by atoms with Gasteiger partial charge < -0.3 is 9.67 Å². The molecule has 2 rings (SSSR count). The van der Waals surface area contributed by atoms with Crippen LogP contribution in [0.1, 0.15) is 11.4 Å². The minimum absolute atomic E-state index is 0.0129. The van der Waals surface area contributed by atoms with Crippen LogP contribution in [0.15, 0.2) is 29.4 Å². The molecule has 1 heterocycles. The summed E-state index contributed by atoms with van der Waals surface area (Å²) in [5.41, 5.74) is 1.56. The maximum atomic E-state index is 12.1. The van der Waals surface area contributed by atoms with Crippen LogP contribution in [0.5, 0.6) is 0 Å². The van der Waals surface area contributed by atoms with Crippen LogP contribution in [0.2, 0.25) is 0 Å². The molecule has 0 aliphatic rings. The van der Waals surface area contributed by atoms with Gasteiger partial charge in [-0.25, -0.2) is 8.42 Å². The van der Waals surface area contributed by atoms with Crippen molar-refractivity contribution in [3.8, 4) is 0 Å². The Labute approximate surface area is 144 Å². The number of aromatic nitrogens is 3. The van der Waals surface area contributed by atoms with Gasteiger partial charge in [-0.1, -0.05) is 29.5 Å². The van der Waals surface area contributed by atoms with E-state index in [4.69, 9.17) is 5.11 Å². The fraction of sp³-hybridized carbons (Fsp3) is 0.357. The Hall–Kier alpha value is -2.07. The molecule has 1 aromatic heterocycles. The smallest absolute Gasteiger partial charge is 0.313 e. The van der Waals surface area contributed by atoms with Crippen molar-refractivity contribution in [3.63, 3.8) is 0 Å². The number of carbonyl (C=O) groups is 1. The predicted octanol–water partition coefficient (Wildman–Crippen LogP) is 1.27. The van der Waals surface area contributed by atoms with E-state index < -0.39 is 16.0 Å². The predicted molar refractivity (Wildman–Crippen MR) is 91.6 cm³/mol. The highest BCUT2D eigenvalue weighted by Crippen LogP contribution is 2.22. The molecule has 0 fully saturated rings. The molecule has 24 heavy (non-hydrogen) atoms. The van der Waals surface area contributed by atoms with Crippen molar-refractivity contribution in [3.05, 3.63) is 35.7 Å². The van der Waals surface area contributed by atoms with Crippen LogP contribution in [-0.2, 0) is 28.4 Å². The lowest BCUT2D eigenvalue weighted by Gasteiger charge is -2.22. The maximum absolute atomic E-state index is 12.1. The van der Waals surface area contributed by atoms with E-state index in [1.807, 2.05) is 19.1 Å². The van der Waals surface area contributed by atoms with Gasteiger partial charge in [-0.2, -0.15) is 0 Å². The minimum Gasteiger partial charge on any atom is -0.481 e. The number of carboxylic acid groups (broad SMARTS) is 1. The summed E-state index contributed by atoms with van der Waals surface area (Å²) in [6.07, 6.45) is 1.13. The molecule has 2 aromatic rings. The van der Waals surface area contributed by atoms with Crippen molar-refractivity contribution in [2.45, 2.75) is 18.6 Å². The third-order valence-corrected chi connectivity index (χ3v) is 5.40. The van der Waals surface area contributed by atoms with Crippen LogP contribution in [-0.4, -0.2) is 46.3 Å². The highest BCUT2D eigenvalue weighted by atomic mass is 32.2. The van der Waals surface area contributed by atoms with E-state index in [1.54, 1.807) is 23.7 Å². The zero-order valence-corrected chi connectivity index (χ0v) is 15.1. The van der Waals surface area contributed by atoms with Crippen LogP contribution < -0.4 is 4.31 Å². The number of hydrogen-bond donors (Lipinski definition) is 1. The van der Waals surface area contributed by atoms with Gasteiger partial charge in [-0.05, 0) is 19.1 Å². The van der Waals surface area contributed by atoms with E-state index in [9.17, 15) is 13.2 Å². The first kappa shape index (κ1) is 18.3. The maximum Gasteiger partial charge on any atom is 0.313 e. The Morgan fingerprint density at radius 1 is 1.29 bits per heavy atom. The molecule has 0 unspecified atom stereocenters. The summed E-state index contributed by atoms with van der Waals surface area (Å²) in [5, 5.41) is 17.1. The normalized spacial score (nSPS) is 11.5. The molecule has 0 aliphatic heterocycles. The van der Waals surface area contributed by atoms with Gasteiger partial charge >= 0.3 is 5.97 Å². The third kappa shape index (κ3) is 4.48. The van der Waals surface area contributed by atoms with Crippen molar-refractivity contribution < 1.29 is 18.3 Å². The average Bonchev–Trinajstić information content (AvgIpc) is 2.83. The number of anilines is 1. The van der Waals surface area contributed by atoms with Crippen molar-refractivity contribution in [1.82, 2.24) is 14.8 Å². The van der Waals surface area contributed by atoms with Gasteiger partial charge in [-0.3, -0.25) is 9.10 Å². The number of sulfonamides is 1. The molecule has 1 aromatic carbocycles. The first-order valence-corrected chi connectivity index (χ1v) is 9.79. The van der Waals surface area contributed by atoms with E-state index in [1.165, 1.54) is 4.31 Å². The quantitative estimate of drug-likeness (QED) is 0.732. The summed E-state index contributed by atoms with van der Waals surface area (Å²) in [5.74, 6) is -0.671. The number of thioether (sulfide) groups is 1. The molecule has 130 valence electrons. The van der Waals surface area contributed by atoms with Gasteiger partial charge in [0.25, 0.3) is 0 Å². The van der Waals surface area contributed by atoms with Crippen LogP contribution in [0.25, 0.3) is 0 Å². The molecule has 0 bridgehead atoms. The summed E-state index contributed by atoms with van der Waals surface area (Å²) in [6.45, 7) is 1.93. The lowest BCUT2D eigenvalue weighted by Crippen LogP contribution is -2.30. The number of carboxylic acids is 1. The number of aryl methyl sites for hydroxylation is 1. The van der Waals surface area contributed by atoms with E-state index in [0.717, 1.165) is 23.6 Å². The lowest BCUT2D eigenvalue weighted by molar-refractivity contribution is -0.133. The number of nitrogens with zero attached hydrogens (tertiary/aromatic N) is 4. The van der Waals surface area contributed by atoms with E-state index in [-0.39, 0.29) is 12.3 Å². The Balaban J connectivity index is 2.28. The van der Waals surface area contributed by atoms with Crippen LogP contribution in [0.3, 0.4) is 0 Å². The second-order valence-corrected chi connectivity index (χ2v) is 8.09. The minimum atomic E-state index is -3.51. The van der Waals surface area contributed by atoms with E-state index in [0.29, 0.717) is 16.7 Å². The van der Waals surface area contributed by atoms with Gasteiger partial charge in [0, 0.05) is 7.05 Å². The Kier molecular flexibility index (Phi) is 5.50. The number of benzene rings is 1. The van der Waals surface area contributed by atoms with Gasteiger partial charge in [0.2, 0.25) is 10.0 Å². The van der Waals surface area contributed by atoms with Gasteiger partial charge in [-0.15, -0.1) is 10.2 Å². The first-order chi connectivity index (χ1) is 11.2. The van der Waals surface area contributed by atoms with Gasteiger partial charge in [0.05, 0.1) is 24.2 Å². The summed E-state index contributed by atoms with van der Waals surface area (Å²) in [4.78, 5) is 10.6. The fourth-order valence-electron chi connectivity index (χ4n) is 1.97. The number of hydrogen-bond acceptors (Lipinski definition) is 6. The second kappa shape index (κ2) is 7.22. The molecule has 8 nitrogen and oxygen atoms in total. The molecule has 0 saturated heterocycles. The Morgan fingerprint density at radius 2 is 1.92 bits per heavy atom. The highest BCUT2D eigenvalue weighted by molar-refractivity contribution is 7.99. The largest absolute Gasteiger partial charge is 0.481 e. The molecule has 0 saturated carbocycles. The summed E-state index contributed by atoms with van der Waals surface area (Å²) in [7, 11) is -1.84. The van der Waals surface area contributed by atoms with E-state index in [2.05, 4.69) is 10.2 Å². The fourth-order valence-corrected chi connectivity index (χ4v) is 3.48. The second-order valence-electron chi connectivity index (χ2n) is 5.25. The van der Waals surface area contributed by atoms with Crippen molar-refractivity contribution in [2.24, 2.45) is 7.05 Å². The van der Waals surface area contributed by atoms with Crippen LogP contribution in [0, 0.1) is 6.92 Å². The zero-order chi connectivity index (χ0) is 17.9. The summed E-state index contributed by atoms with van der Waals surface area (Å²) in [6, 6.07) is 7.12. The van der Waals surface area contributed by atoms with Crippen molar-refractivity contribution in [1.29, 1.82) is 0 Å². The van der Waals surface area contributed by atoms with Crippen LogP contribution in [0.4, 0.5) is 5.69 Å². The molecule has 0 radical (unpaired) electrons. The summed E-state index contributed by atoms with van der Waals surface area (Å²) >= 11 is 1.03. The Morgan fingerprint density at radius 3 is 2.46 bits per heavy atom. The Bertz CT molecular complexity index is 831. The summed E-state index contributed by atoms with van der Waals surface area (Å²) < 4.78 is 27.1. The monoisotopic (exact) mass is 370 g/mol. The highest BCUT2D eigenvalue weighted by Gasteiger charge is 2.21. The third-order valence-electron chi connectivity index (χ3n) is 3.26. The molecular weight excluding hydrogens is 352 g/mol. The van der Waals surface area contributed by atoms with Crippen molar-refractivity contribution in [2.75, 3.05) is 16.3 Å². The molecule has 0 spiro atoms.